The molecular weight excluding hydrogens is 282 g/mol. The van der Waals surface area contributed by atoms with Crippen LogP contribution in [0, 0.1) is 0 Å². The zero-order chi connectivity index (χ0) is 15.6. The Balaban J connectivity index is 1.74. The quantitative estimate of drug-likeness (QED) is 0.833. The van der Waals surface area contributed by atoms with Crippen molar-refractivity contribution in [3.63, 3.8) is 0 Å². The Hall–Kier alpha value is -1.30. The molecule has 2 aliphatic rings. The zero-order valence-corrected chi connectivity index (χ0v) is 13.6. The Labute approximate surface area is 132 Å². The second kappa shape index (κ2) is 6.44. The largest absolute Gasteiger partial charge is 0.497 e. The molecular formula is C17H25NO4. The first kappa shape index (κ1) is 15.6. The molecule has 0 aliphatic carbocycles. The minimum Gasteiger partial charge on any atom is -0.497 e. The molecule has 2 aliphatic heterocycles. The van der Waals surface area contributed by atoms with Gasteiger partial charge in [0, 0.05) is 39.4 Å². The van der Waals surface area contributed by atoms with Crippen LogP contribution in [-0.2, 0) is 16.0 Å². The molecule has 1 aromatic rings. The van der Waals surface area contributed by atoms with E-state index in [-0.39, 0.29) is 11.7 Å². The minimum absolute atomic E-state index is 0.113. The molecule has 122 valence electrons. The Kier molecular flexibility index (Phi) is 4.57. The van der Waals surface area contributed by atoms with Crippen LogP contribution in [0.25, 0.3) is 0 Å². The van der Waals surface area contributed by atoms with Crippen molar-refractivity contribution in [2.45, 2.75) is 31.1 Å². The highest BCUT2D eigenvalue weighted by Gasteiger charge is 2.49. The first-order chi connectivity index (χ1) is 10.7. The van der Waals surface area contributed by atoms with Gasteiger partial charge in [-0.25, -0.2) is 0 Å². The van der Waals surface area contributed by atoms with Gasteiger partial charge in [-0.1, -0.05) is 0 Å². The van der Waals surface area contributed by atoms with E-state index in [0.29, 0.717) is 0 Å². The van der Waals surface area contributed by atoms with Gasteiger partial charge in [-0.2, -0.15) is 0 Å². The zero-order valence-electron chi connectivity index (χ0n) is 13.6. The van der Waals surface area contributed by atoms with Crippen molar-refractivity contribution in [1.82, 2.24) is 4.90 Å². The molecule has 3 rings (SSSR count). The van der Waals surface area contributed by atoms with Crippen LogP contribution in [0.4, 0.5) is 0 Å². The summed E-state index contributed by atoms with van der Waals surface area (Å²) < 4.78 is 22.4. The van der Waals surface area contributed by atoms with Crippen molar-refractivity contribution in [2.24, 2.45) is 0 Å². The normalized spacial score (nSPS) is 28.4. The number of ether oxygens (including phenoxy) is 4. The van der Waals surface area contributed by atoms with Crippen molar-refractivity contribution in [2.75, 3.05) is 41.0 Å². The number of methoxy groups -OCH3 is 3. The van der Waals surface area contributed by atoms with E-state index >= 15 is 0 Å². The lowest BCUT2D eigenvalue weighted by molar-refractivity contribution is -0.0756. The first-order valence-corrected chi connectivity index (χ1v) is 7.80. The fourth-order valence-corrected chi connectivity index (χ4v) is 3.67. The van der Waals surface area contributed by atoms with Gasteiger partial charge in [0.2, 0.25) is 0 Å². The van der Waals surface area contributed by atoms with E-state index < -0.39 is 0 Å². The second-order valence-corrected chi connectivity index (χ2v) is 6.13. The molecule has 2 saturated heterocycles. The fraction of sp³-hybridized carbons (Fsp3) is 0.647. The van der Waals surface area contributed by atoms with Crippen LogP contribution < -0.4 is 9.47 Å². The van der Waals surface area contributed by atoms with E-state index in [1.165, 1.54) is 5.56 Å². The molecule has 0 saturated carbocycles. The van der Waals surface area contributed by atoms with Crippen molar-refractivity contribution in [3.8, 4) is 11.5 Å². The maximum atomic E-state index is 6.05. The molecule has 22 heavy (non-hydrogen) atoms. The maximum Gasteiger partial charge on any atom is 0.122 e. The van der Waals surface area contributed by atoms with Gasteiger partial charge in [-0.05, 0) is 30.5 Å². The number of benzene rings is 1. The topological polar surface area (TPSA) is 40.2 Å². The van der Waals surface area contributed by atoms with Gasteiger partial charge in [0.05, 0.1) is 20.3 Å². The summed E-state index contributed by atoms with van der Waals surface area (Å²) in [4.78, 5) is 2.40. The van der Waals surface area contributed by atoms with Crippen molar-refractivity contribution >= 4 is 0 Å². The van der Waals surface area contributed by atoms with Crippen molar-refractivity contribution in [3.05, 3.63) is 23.8 Å². The standard InChI is InChI=1S/C17H25NO4/c1-19-14-7-13(8-15(9-14)20-2)10-18-11-16(21-3)17(12-18)5-4-6-22-17/h7-9,16H,4-6,10-12H2,1-3H3/t16-,17-/m0/s1. The highest BCUT2D eigenvalue weighted by molar-refractivity contribution is 5.38. The number of hydrogen-bond donors (Lipinski definition) is 0. The highest BCUT2D eigenvalue weighted by atomic mass is 16.6. The lowest BCUT2D eigenvalue weighted by Gasteiger charge is -2.28. The first-order valence-electron chi connectivity index (χ1n) is 7.80. The van der Waals surface area contributed by atoms with Gasteiger partial charge in [0.25, 0.3) is 0 Å². The smallest absolute Gasteiger partial charge is 0.122 e. The monoisotopic (exact) mass is 307 g/mol. The average Bonchev–Trinajstić information content (AvgIpc) is 3.14. The number of likely N-dealkylation sites (tertiary alicyclic amines) is 1. The van der Waals surface area contributed by atoms with Crippen LogP contribution in [-0.4, -0.2) is 57.6 Å². The maximum absolute atomic E-state index is 6.05. The number of hydrogen-bond acceptors (Lipinski definition) is 5. The van der Waals surface area contributed by atoms with Gasteiger partial charge in [0.1, 0.15) is 17.1 Å². The average molecular weight is 307 g/mol. The molecule has 0 radical (unpaired) electrons. The van der Waals surface area contributed by atoms with Crippen LogP contribution in [0.3, 0.4) is 0 Å². The molecule has 1 aromatic carbocycles. The van der Waals surface area contributed by atoms with E-state index in [4.69, 9.17) is 18.9 Å². The predicted octanol–water partition coefficient (Wildman–Crippen LogP) is 2.08. The van der Waals surface area contributed by atoms with Gasteiger partial charge in [-0.3, -0.25) is 4.90 Å². The summed E-state index contributed by atoms with van der Waals surface area (Å²) in [5, 5.41) is 0. The number of rotatable bonds is 5. The Morgan fingerprint density at radius 1 is 1.18 bits per heavy atom. The Morgan fingerprint density at radius 3 is 2.45 bits per heavy atom. The fourth-order valence-electron chi connectivity index (χ4n) is 3.67. The highest BCUT2D eigenvalue weighted by Crippen LogP contribution is 2.37. The number of nitrogens with zero attached hydrogens (tertiary/aromatic N) is 1. The predicted molar refractivity (Wildman–Crippen MR) is 83.5 cm³/mol. The van der Waals surface area contributed by atoms with Crippen LogP contribution in [0.15, 0.2) is 18.2 Å². The molecule has 0 bridgehead atoms. The molecule has 2 atom stereocenters. The van der Waals surface area contributed by atoms with E-state index in [1.54, 1.807) is 21.3 Å². The SMILES string of the molecule is COc1cc(CN2C[C@H](OC)[C@]3(CCCO3)C2)cc(OC)c1. The molecule has 1 spiro atoms. The summed E-state index contributed by atoms with van der Waals surface area (Å²) in [6.45, 7) is 3.51. The van der Waals surface area contributed by atoms with Gasteiger partial charge in [0.15, 0.2) is 0 Å². The summed E-state index contributed by atoms with van der Waals surface area (Å²) in [7, 11) is 5.14. The Bertz CT molecular complexity index is 491. The molecule has 2 fully saturated rings. The third kappa shape index (κ3) is 2.93. The molecule has 5 heteroatoms. The summed E-state index contributed by atoms with van der Waals surface area (Å²) in [6.07, 6.45) is 2.37. The van der Waals surface area contributed by atoms with Crippen LogP contribution in [0.2, 0.25) is 0 Å². The summed E-state index contributed by atoms with van der Waals surface area (Å²) in [5.74, 6) is 1.65. The van der Waals surface area contributed by atoms with E-state index in [9.17, 15) is 0 Å². The van der Waals surface area contributed by atoms with E-state index in [1.807, 2.05) is 6.07 Å². The molecule has 0 aromatic heterocycles. The Morgan fingerprint density at radius 2 is 1.91 bits per heavy atom. The van der Waals surface area contributed by atoms with E-state index in [2.05, 4.69) is 17.0 Å². The van der Waals surface area contributed by atoms with Gasteiger partial charge < -0.3 is 18.9 Å². The van der Waals surface area contributed by atoms with Crippen LogP contribution in [0.5, 0.6) is 11.5 Å². The van der Waals surface area contributed by atoms with Crippen LogP contribution >= 0.6 is 0 Å². The molecule has 5 nitrogen and oxygen atoms in total. The third-order valence-electron chi connectivity index (χ3n) is 4.74. The molecule has 0 N–H and O–H groups in total. The lowest BCUT2D eigenvalue weighted by Crippen LogP contribution is -2.41. The summed E-state index contributed by atoms with van der Waals surface area (Å²) in [5.41, 5.74) is 1.07. The van der Waals surface area contributed by atoms with Crippen LogP contribution in [0.1, 0.15) is 18.4 Å². The second-order valence-electron chi connectivity index (χ2n) is 6.13. The summed E-state index contributed by atoms with van der Waals surface area (Å²) in [6, 6.07) is 6.02. The van der Waals surface area contributed by atoms with Crippen molar-refractivity contribution in [1.29, 1.82) is 0 Å². The summed E-state index contributed by atoms with van der Waals surface area (Å²) >= 11 is 0. The van der Waals surface area contributed by atoms with Gasteiger partial charge in [-0.15, -0.1) is 0 Å². The third-order valence-corrected chi connectivity index (χ3v) is 4.74. The lowest BCUT2D eigenvalue weighted by atomic mass is 9.96. The molecule has 0 amide bonds. The van der Waals surface area contributed by atoms with E-state index in [0.717, 1.165) is 50.6 Å². The molecule has 0 unspecified atom stereocenters. The minimum atomic E-state index is -0.113. The van der Waals surface area contributed by atoms with Crippen molar-refractivity contribution < 1.29 is 18.9 Å². The molecule has 2 heterocycles. The van der Waals surface area contributed by atoms with Gasteiger partial charge >= 0.3 is 0 Å².